The lowest BCUT2D eigenvalue weighted by Gasteiger charge is -2.25. The van der Waals surface area contributed by atoms with E-state index in [-0.39, 0.29) is 12.3 Å². The first-order chi connectivity index (χ1) is 17.1. The number of aliphatic carboxylic acids is 1. The molecule has 1 aromatic carbocycles. The third-order valence-electron chi connectivity index (χ3n) is 6.23. The molecule has 3 amide bonds. The van der Waals surface area contributed by atoms with Crippen molar-refractivity contribution >= 4 is 46.4 Å². The van der Waals surface area contributed by atoms with Gasteiger partial charge >= 0.3 is 5.97 Å². The SMILES string of the molecule is CCC(C)C(NC(=O)C(Cc1c[nH]c2ccccc12)NC(=O)C(C)NC(=O)C(N)CCSC)C(=O)O. The monoisotopic (exact) mass is 519 g/mol. The number of nitrogens with one attached hydrogen (secondary N) is 4. The maximum atomic E-state index is 13.2. The van der Waals surface area contributed by atoms with Crippen LogP contribution in [-0.4, -0.2) is 70.0 Å². The van der Waals surface area contributed by atoms with Crippen LogP contribution in [-0.2, 0) is 25.6 Å². The fourth-order valence-electron chi connectivity index (χ4n) is 3.73. The van der Waals surface area contributed by atoms with Crippen LogP contribution in [0.4, 0.5) is 0 Å². The lowest BCUT2D eigenvalue weighted by Crippen LogP contribution is -2.57. The standard InChI is InChI=1S/C25H37N5O5S/c1-5-14(2)21(25(34)35)30-24(33)20(12-16-13-27-19-9-7-6-8-17(16)19)29-22(31)15(3)28-23(32)18(26)10-11-36-4/h6-9,13-15,18,20-21,27H,5,10-12,26H2,1-4H3,(H,28,32)(H,29,31)(H,30,33)(H,34,35). The number of H-pyrrole nitrogens is 1. The average molecular weight is 520 g/mol. The molecular weight excluding hydrogens is 482 g/mol. The van der Waals surface area contributed by atoms with E-state index in [4.69, 9.17) is 5.73 Å². The number of fused-ring (bicyclic) bond motifs is 1. The topological polar surface area (TPSA) is 166 Å². The van der Waals surface area contributed by atoms with E-state index >= 15 is 0 Å². The number of para-hydroxylation sites is 1. The summed E-state index contributed by atoms with van der Waals surface area (Å²) in [5.41, 5.74) is 7.55. The molecule has 0 saturated heterocycles. The molecule has 0 spiro atoms. The number of thioether (sulfide) groups is 1. The minimum absolute atomic E-state index is 0.127. The fraction of sp³-hybridized carbons (Fsp3) is 0.520. The summed E-state index contributed by atoms with van der Waals surface area (Å²) in [6, 6.07) is 3.69. The van der Waals surface area contributed by atoms with E-state index in [0.717, 1.165) is 16.5 Å². The smallest absolute Gasteiger partial charge is 0.326 e. The maximum Gasteiger partial charge on any atom is 0.326 e. The molecule has 0 aliphatic heterocycles. The predicted octanol–water partition coefficient (Wildman–Crippen LogP) is 1.40. The number of hydrogen-bond donors (Lipinski definition) is 6. The number of carboxylic acid groups (broad SMARTS) is 1. The normalized spacial score (nSPS) is 15.4. The Morgan fingerprint density at radius 3 is 2.39 bits per heavy atom. The van der Waals surface area contributed by atoms with Gasteiger partial charge in [-0.3, -0.25) is 14.4 Å². The van der Waals surface area contributed by atoms with Gasteiger partial charge in [-0.1, -0.05) is 38.5 Å². The largest absolute Gasteiger partial charge is 0.480 e. The van der Waals surface area contributed by atoms with Crippen LogP contribution in [0.1, 0.15) is 39.2 Å². The van der Waals surface area contributed by atoms with E-state index in [1.807, 2.05) is 37.4 Å². The lowest BCUT2D eigenvalue weighted by atomic mass is 9.98. The lowest BCUT2D eigenvalue weighted by molar-refractivity contribution is -0.143. The van der Waals surface area contributed by atoms with Crippen molar-refractivity contribution in [2.24, 2.45) is 11.7 Å². The summed E-state index contributed by atoms with van der Waals surface area (Å²) in [4.78, 5) is 53.4. The molecule has 7 N–H and O–H groups in total. The van der Waals surface area contributed by atoms with Gasteiger partial charge in [-0.2, -0.15) is 11.8 Å². The molecule has 2 rings (SSSR count). The summed E-state index contributed by atoms with van der Waals surface area (Å²) < 4.78 is 0. The van der Waals surface area contributed by atoms with Crippen molar-refractivity contribution in [3.05, 3.63) is 36.0 Å². The molecule has 36 heavy (non-hydrogen) atoms. The maximum absolute atomic E-state index is 13.2. The molecule has 2 aromatic rings. The molecule has 0 fully saturated rings. The molecule has 0 saturated carbocycles. The first kappa shape index (κ1) is 29.2. The first-order valence-corrected chi connectivity index (χ1v) is 13.4. The van der Waals surface area contributed by atoms with Gasteiger partial charge < -0.3 is 31.8 Å². The zero-order valence-corrected chi connectivity index (χ0v) is 22.0. The number of nitrogens with two attached hydrogens (primary N) is 1. The summed E-state index contributed by atoms with van der Waals surface area (Å²) >= 11 is 1.57. The number of hydrogen-bond acceptors (Lipinski definition) is 6. The number of carboxylic acids is 1. The number of rotatable bonds is 14. The summed E-state index contributed by atoms with van der Waals surface area (Å²) in [6.07, 6.45) is 4.82. The van der Waals surface area contributed by atoms with Gasteiger partial charge in [0.25, 0.3) is 0 Å². The van der Waals surface area contributed by atoms with Crippen molar-refractivity contribution in [2.45, 2.75) is 64.2 Å². The van der Waals surface area contributed by atoms with Crippen molar-refractivity contribution < 1.29 is 24.3 Å². The van der Waals surface area contributed by atoms with Crippen molar-refractivity contribution in [2.75, 3.05) is 12.0 Å². The molecule has 0 bridgehead atoms. The zero-order valence-electron chi connectivity index (χ0n) is 21.2. The zero-order chi connectivity index (χ0) is 26.8. The molecule has 5 unspecified atom stereocenters. The van der Waals surface area contributed by atoms with Gasteiger partial charge in [0.05, 0.1) is 6.04 Å². The fourth-order valence-corrected chi connectivity index (χ4v) is 4.21. The van der Waals surface area contributed by atoms with E-state index in [1.165, 1.54) is 6.92 Å². The Kier molecular flexibility index (Phi) is 11.3. The van der Waals surface area contributed by atoms with E-state index in [0.29, 0.717) is 18.6 Å². The highest BCUT2D eigenvalue weighted by atomic mass is 32.2. The molecule has 198 valence electrons. The molecular formula is C25H37N5O5S. The Bertz CT molecular complexity index is 1060. The molecule has 1 aromatic heterocycles. The Morgan fingerprint density at radius 2 is 1.75 bits per heavy atom. The third kappa shape index (κ3) is 7.99. The van der Waals surface area contributed by atoms with Crippen LogP contribution in [0.15, 0.2) is 30.5 Å². The minimum atomic E-state index is -1.14. The second-order valence-corrected chi connectivity index (χ2v) is 9.94. The Balaban J connectivity index is 2.21. The average Bonchev–Trinajstić information content (AvgIpc) is 3.27. The van der Waals surface area contributed by atoms with Crippen LogP contribution >= 0.6 is 11.8 Å². The molecule has 1 heterocycles. The Labute approximate surface area is 215 Å². The van der Waals surface area contributed by atoms with E-state index in [2.05, 4.69) is 20.9 Å². The van der Waals surface area contributed by atoms with Crippen molar-refractivity contribution in [3.63, 3.8) is 0 Å². The molecule has 5 atom stereocenters. The molecule has 0 radical (unpaired) electrons. The van der Waals surface area contributed by atoms with Gasteiger partial charge in [-0.05, 0) is 42.9 Å². The minimum Gasteiger partial charge on any atom is -0.480 e. The summed E-state index contributed by atoms with van der Waals surface area (Å²) in [7, 11) is 0. The van der Waals surface area contributed by atoms with Crippen LogP contribution in [0.25, 0.3) is 10.9 Å². The number of carbonyl (C=O) groups excluding carboxylic acids is 3. The van der Waals surface area contributed by atoms with Crippen molar-refractivity contribution in [1.29, 1.82) is 0 Å². The van der Waals surface area contributed by atoms with Gasteiger partial charge in [0, 0.05) is 23.5 Å². The van der Waals surface area contributed by atoms with Gasteiger partial charge in [0.2, 0.25) is 17.7 Å². The van der Waals surface area contributed by atoms with Crippen molar-refractivity contribution in [1.82, 2.24) is 20.9 Å². The highest BCUT2D eigenvalue weighted by molar-refractivity contribution is 7.98. The summed E-state index contributed by atoms with van der Waals surface area (Å²) in [6.45, 7) is 5.09. The van der Waals surface area contributed by atoms with Crippen LogP contribution in [0.2, 0.25) is 0 Å². The van der Waals surface area contributed by atoms with Gasteiger partial charge in [0.15, 0.2) is 0 Å². The highest BCUT2D eigenvalue weighted by Gasteiger charge is 2.31. The molecule has 11 heteroatoms. The quantitative estimate of drug-likeness (QED) is 0.219. The number of aromatic amines is 1. The number of aromatic nitrogens is 1. The third-order valence-corrected chi connectivity index (χ3v) is 6.87. The van der Waals surface area contributed by atoms with E-state index in [9.17, 15) is 24.3 Å². The van der Waals surface area contributed by atoms with Crippen LogP contribution < -0.4 is 21.7 Å². The van der Waals surface area contributed by atoms with Crippen LogP contribution in [0.3, 0.4) is 0 Å². The summed E-state index contributed by atoms with van der Waals surface area (Å²) in [5.74, 6) is -2.38. The summed E-state index contributed by atoms with van der Waals surface area (Å²) in [5, 5.41) is 18.4. The van der Waals surface area contributed by atoms with Gasteiger partial charge in [-0.25, -0.2) is 4.79 Å². The predicted molar refractivity (Wildman–Crippen MR) is 142 cm³/mol. The Morgan fingerprint density at radius 1 is 1.06 bits per heavy atom. The van der Waals surface area contributed by atoms with Gasteiger partial charge in [0.1, 0.15) is 18.1 Å². The highest BCUT2D eigenvalue weighted by Crippen LogP contribution is 2.19. The Hall–Kier alpha value is -3.05. The van der Waals surface area contributed by atoms with E-state index < -0.39 is 47.9 Å². The first-order valence-electron chi connectivity index (χ1n) is 12.0. The molecule has 0 aliphatic rings. The van der Waals surface area contributed by atoms with Crippen LogP contribution in [0.5, 0.6) is 0 Å². The number of benzene rings is 1. The number of amides is 3. The number of carbonyl (C=O) groups is 4. The molecule has 0 aliphatic carbocycles. The second kappa shape index (κ2) is 13.9. The van der Waals surface area contributed by atoms with Crippen molar-refractivity contribution in [3.8, 4) is 0 Å². The second-order valence-electron chi connectivity index (χ2n) is 8.95. The van der Waals surface area contributed by atoms with Crippen LogP contribution in [0, 0.1) is 5.92 Å². The van der Waals surface area contributed by atoms with E-state index in [1.54, 1.807) is 24.9 Å². The molecule has 10 nitrogen and oxygen atoms in total. The van der Waals surface area contributed by atoms with Gasteiger partial charge in [-0.15, -0.1) is 0 Å².